The molecule has 0 aromatic carbocycles. The van der Waals surface area contributed by atoms with Crippen LogP contribution in [0.25, 0.3) is 0 Å². The Labute approximate surface area is 302 Å². The second-order valence-electron chi connectivity index (χ2n) is 14.6. The summed E-state index contributed by atoms with van der Waals surface area (Å²) in [5.41, 5.74) is 1.70. The van der Waals surface area contributed by atoms with Gasteiger partial charge >= 0.3 is 17.9 Å². The van der Waals surface area contributed by atoms with E-state index in [-0.39, 0.29) is 35.9 Å². The van der Waals surface area contributed by atoms with Gasteiger partial charge in [-0.25, -0.2) is 14.4 Å². The first-order chi connectivity index (χ1) is 23.8. The van der Waals surface area contributed by atoms with E-state index < -0.39 is 72.2 Å². The molecule has 2 rings (SSSR count). The van der Waals surface area contributed by atoms with Gasteiger partial charge in [0, 0.05) is 49.4 Å². The second kappa shape index (κ2) is 19.5. The lowest BCUT2D eigenvalue weighted by Crippen LogP contribution is -2.59. The lowest BCUT2D eigenvalue weighted by atomic mass is 9.76. The third-order valence-corrected chi connectivity index (χ3v) is 10.1. The Hall–Kier alpha value is -3.29. The molecule has 4 N–H and O–H groups in total. The van der Waals surface area contributed by atoms with Gasteiger partial charge in [0.05, 0.1) is 25.4 Å². The number of hydrogen-bond donors (Lipinski definition) is 4. The second-order valence-corrected chi connectivity index (χ2v) is 14.6. The van der Waals surface area contributed by atoms with E-state index in [1.54, 1.807) is 32.9 Å². The summed E-state index contributed by atoms with van der Waals surface area (Å²) in [6.45, 7) is 16.5. The molecule has 0 bridgehead atoms. The van der Waals surface area contributed by atoms with Crippen LogP contribution in [-0.2, 0) is 38.1 Å². The third kappa shape index (κ3) is 12.1. The van der Waals surface area contributed by atoms with Crippen molar-refractivity contribution in [1.82, 2.24) is 0 Å². The Morgan fingerprint density at radius 1 is 1.06 bits per heavy atom. The highest BCUT2D eigenvalue weighted by Crippen LogP contribution is 2.42. The minimum absolute atomic E-state index is 0.0458. The average molecular weight is 721 g/mol. The lowest BCUT2D eigenvalue weighted by Gasteiger charge is -2.50. The zero-order valence-electron chi connectivity index (χ0n) is 31.9. The maximum Gasteiger partial charge on any atom is 0.373 e. The molecular weight excluding hydrogens is 660 g/mol. The molecule has 1 saturated heterocycles. The summed E-state index contributed by atoms with van der Waals surface area (Å²) in [7, 11) is 2.80. The molecule has 0 radical (unpaired) electrons. The van der Waals surface area contributed by atoms with Gasteiger partial charge in [-0.3, -0.25) is 0 Å². The van der Waals surface area contributed by atoms with Gasteiger partial charge in [0.2, 0.25) is 5.76 Å². The van der Waals surface area contributed by atoms with Gasteiger partial charge in [0.25, 0.3) is 0 Å². The van der Waals surface area contributed by atoms with Gasteiger partial charge in [0.15, 0.2) is 5.79 Å². The number of esters is 2. The van der Waals surface area contributed by atoms with Crippen molar-refractivity contribution in [3.8, 4) is 0 Å². The zero-order valence-corrected chi connectivity index (χ0v) is 31.9. The Kier molecular flexibility index (Phi) is 16.8. The molecule has 51 heavy (non-hydrogen) atoms. The monoisotopic (exact) mass is 720 g/mol. The maximum atomic E-state index is 13.6. The molecule has 0 saturated carbocycles. The number of cyclic esters (lactones) is 1. The van der Waals surface area contributed by atoms with Crippen molar-refractivity contribution in [3.05, 3.63) is 59.4 Å². The van der Waals surface area contributed by atoms with E-state index in [1.807, 2.05) is 53.7 Å². The van der Waals surface area contributed by atoms with E-state index in [2.05, 4.69) is 0 Å². The number of carbonyl (C=O) groups excluding carboxylic acids is 2. The standard InChI is InChI=1S/C39H60O12/c1-21(2)36-26(7)31(49-33(42)16-15-32(40)41)20-39(46,51-36)28(9)35(44)27(8)37-29(47-10)14-12-13-22(3)17-24(5)34(43)25(6)18-23(4)19-30(48-11)38(45)50-37/h12-16,18-19,21,24-29,31,34-37,43-44,46H,17,20H2,1-11H3,(H,40,41)/b14-12?,16-15+,22-13-,23-18+,30-19-/t24-,25+,26-,27-,28-,29-,31+,34-,35+,36+,37+,39+/m1/s1. The number of hydrogen-bond acceptors (Lipinski definition) is 11. The molecule has 12 heteroatoms. The number of ether oxygens (including phenoxy) is 5. The maximum absolute atomic E-state index is 13.6. The Morgan fingerprint density at radius 3 is 2.27 bits per heavy atom. The summed E-state index contributed by atoms with van der Waals surface area (Å²) < 4.78 is 29.1. The van der Waals surface area contributed by atoms with Crippen molar-refractivity contribution in [1.29, 1.82) is 0 Å². The van der Waals surface area contributed by atoms with E-state index in [0.717, 1.165) is 11.6 Å². The number of carboxylic acid groups (broad SMARTS) is 1. The van der Waals surface area contributed by atoms with Crippen LogP contribution >= 0.6 is 0 Å². The van der Waals surface area contributed by atoms with Crippen LogP contribution in [0.2, 0.25) is 0 Å². The summed E-state index contributed by atoms with van der Waals surface area (Å²) >= 11 is 0. The van der Waals surface area contributed by atoms with Crippen LogP contribution in [0.4, 0.5) is 0 Å². The SMILES string of the molecule is CO/C1=C\C(C)=C\[C@H](C)[C@H](O)[C@H](C)C/C(C)=C\C=C[C@@H](OC)[C@H]([C@H](C)[C@H](O)[C@@H](C)[C@]2(O)C[C@H](OC(=O)/C=C/C(=O)O)[C@@H](C)[C@H](C(C)C)O2)OC1=O. The molecule has 12 atom stereocenters. The summed E-state index contributed by atoms with van der Waals surface area (Å²) in [6, 6.07) is 0. The molecule has 12 nitrogen and oxygen atoms in total. The van der Waals surface area contributed by atoms with Crippen LogP contribution in [0.15, 0.2) is 59.4 Å². The van der Waals surface area contributed by atoms with Crippen molar-refractivity contribution in [2.75, 3.05) is 14.2 Å². The van der Waals surface area contributed by atoms with E-state index in [9.17, 15) is 29.7 Å². The van der Waals surface area contributed by atoms with Gasteiger partial charge in [0.1, 0.15) is 18.3 Å². The number of aliphatic hydroxyl groups excluding tert-OH is 2. The predicted octanol–water partition coefficient (Wildman–Crippen LogP) is 4.88. The highest BCUT2D eigenvalue weighted by Gasteiger charge is 2.53. The molecule has 1 fully saturated rings. The molecular formula is C39H60O12. The largest absolute Gasteiger partial charge is 0.490 e. The zero-order chi connectivity index (χ0) is 38.8. The van der Waals surface area contributed by atoms with Gasteiger partial charge in [-0.05, 0) is 38.2 Å². The van der Waals surface area contributed by atoms with Crippen LogP contribution in [0.1, 0.15) is 75.2 Å². The predicted molar refractivity (Wildman–Crippen MR) is 191 cm³/mol. The summed E-state index contributed by atoms with van der Waals surface area (Å²) in [5.74, 6) is -7.68. The number of carbonyl (C=O) groups is 3. The summed E-state index contributed by atoms with van der Waals surface area (Å²) in [4.78, 5) is 37.1. The number of carboxylic acids is 1. The van der Waals surface area contributed by atoms with E-state index >= 15 is 0 Å². The van der Waals surface area contributed by atoms with Crippen molar-refractivity contribution < 1.29 is 58.5 Å². The number of aliphatic carboxylic acids is 1. The normalized spacial score (nSPS) is 36.5. The van der Waals surface area contributed by atoms with Crippen LogP contribution in [-0.4, -0.2) is 95.0 Å². The Balaban J connectivity index is 2.55. The van der Waals surface area contributed by atoms with Crippen LogP contribution in [0, 0.1) is 35.5 Å². The molecule has 0 spiro atoms. The average Bonchev–Trinajstić information content (AvgIpc) is 3.06. The van der Waals surface area contributed by atoms with E-state index in [1.165, 1.54) is 20.3 Å². The fraction of sp³-hybridized carbons (Fsp3) is 0.667. The molecule has 0 amide bonds. The molecule has 0 aromatic rings. The van der Waals surface area contributed by atoms with Gasteiger partial charge in [-0.2, -0.15) is 0 Å². The van der Waals surface area contributed by atoms with Crippen molar-refractivity contribution in [2.24, 2.45) is 35.5 Å². The number of methoxy groups -OCH3 is 2. The molecule has 0 aromatic heterocycles. The Bertz CT molecular complexity index is 1350. The lowest BCUT2D eigenvalue weighted by molar-refractivity contribution is -0.329. The smallest absolute Gasteiger partial charge is 0.373 e. The van der Waals surface area contributed by atoms with Crippen LogP contribution in [0.3, 0.4) is 0 Å². The molecule has 0 unspecified atom stereocenters. The first-order valence-electron chi connectivity index (χ1n) is 17.7. The highest BCUT2D eigenvalue weighted by molar-refractivity contribution is 5.90. The fourth-order valence-electron chi connectivity index (χ4n) is 7.00. The highest BCUT2D eigenvalue weighted by atomic mass is 16.6. The van der Waals surface area contributed by atoms with E-state index in [4.69, 9.17) is 28.8 Å². The fourth-order valence-corrected chi connectivity index (χ4v) is 7.00. The van der Waals surface area contributed by atoms with Crippen molar-refractivity contribution >= 4 is 17.9 Å². The number of rotatable bonds is 10. The van der Waals surface area contributed by atoms with E-state index in [0.29, 0.717) is 18.1 Å². The van der Waals surface area contributed by atoms with Gasteiger partial charge < -0.3 is 44.1 Å². The van der Waals surface area contributed by atoms with Crippen molar-refractivity contribution in [3.63, 3.8) is 0 Å². The van der Waals surface area contributed by atoms with Gasteiger partial charge in [-0.15, -0.1) is 0 Å². The number of aliphatic hydroxyl groups is 3. The minimum Gasteiger partial charge on any atom is -0.490 e. The van der Waals surface area contributed by atoms with Gasteiger partial charge in [-0.1, -0.05) is 83.9 Å². The molecule has 0 aliphatic carbocycles. The number of allylic oxidation sites excluding steroid dienone is 5. The Morgan fingerprint density at radius 2 is 1.71 bits per heavy atom. The molecule has 2 aliphatic rings. The third-order valence-electron chi connectivity index (χ3n) is 10.1. The topological polar surface area (TPSA) is 178 Å². The summed E-state index contributed by atoms with van der Waals surface area (Å²) in [5, 5.41) is 43.8. The van der Waals surface area contributed by atoms with Crippen LogP contribution < -0.4 is 0 Å². The minimum atomic E-state index is -1.99. The molecule has 288 valence electrons. The molecule has 2 aliphatic heterocycles. The van der Waals surface area contributed by atoms with Crippen molar-refractivity contribution in [2.45, 2.75) is 118 Å². The van der Waals surface area contributed by atoms with Crippen LogP contribution in [0.5, 0.6) is 0 Å². The quantitative estimate of drug-likeness (QED) is 0.178. The first kappa shape index (κ1) is 43.9. The summed E-state index contributed by atoms with van der Waals surface area (Å²) in [6.07, 6.45) is 5.37. The first-order valence-corrected chi connectivity index (χ1v) is 17.7. The molecule has 2 heterocycles.